The lowest BCUT2D eigenvalue weighted by Gasteiger charge is -2.09. The third kappa shape index (κ3) is 4.50. The Morgan fingerprint density at radius 2 is 1.65 bits per heavy atom. The summed E-state index contributed by atoms with van der Waals surface area (Å²) in [6, 6.07) is 12.3. The molecule has 0 fully saturated rings. The number of aryl methyl sites for hydroxylation is 2. The molecule has 0 aliphatic rings. The Labute approximate surface area is 161 Å². The summed E-state index contributed by atoms with van der Waals surface area (Å²) in [6.07, 6.45) is 1.52. The van der Waals surface area contributed by atoms with Crippen molar-refractivity contribution in [3.05, 3.63) is 75.5 Å². The second-order valence-corrected chi connectivity index (χ2v) is 6.67. The number of hydrogen-bond acceptors (Lipinski definition) is 4. The molecule has 3 rings (SSSR count). The maximum atomic E-state index is 12.4. The fraction of sp³-hybridized carbons (Fsp3) is 0.105. The van der Waals surface area contributed by atoms with E-state index in [-0.39, 0.29) is 11.6 Å². The Kier molecular flexibility index (Phi) is 5.40. The standard InChI is InChI=1S/C19H16Cl2N4O/c1-11-3-4-15(7-12(11)2)24-19-22-6-5-17(25-19)18(26)23-16-9-13(20)8-14(21)10-16/h3-10H,1-2H3,(H,23,26)(H,22,24,25). The highest BCUT2D eigenvalue weighted by molar-refractivity contribution is 6.35. The number of halogens is 2. The molecule has 0 atom stereocenters. The van der Waals surface area contributed by atoms with Gasteiger partial charge >= 0.3 is 0 Å². The Hall–Kier alpha value is -2.63. The minimum Gasteiger partial charge on any atom is -0.324 e. The molecule has 0 radical (unpaired) electrons. The van der Waals surface area contributed by atoms with Crippen LogP contribution < -0.4 is 10.6 Å². The minimum atomic E-state index is -0.381. The van der Waals surface area contributed by atoms with Crippen molar-refractivity contribution < 1.29 is 4.79 Å². The van der Waals surface area contributed by atoms with Crippen LogP contribution >= 0.6 is 23.2 Å². The molecule has 3 aromatic rings. The van der Waals surface area contributed by atoms with E-state index in [2.05, 4.69) is 20.6 Å². The number of amides is 1. The van der Waals surface area contributed by atoms with Crippen LogP contribution in [0.25, 0.3) is 0 Å². The average Bonchev–Trinajstić information content (AvgIpc) is 2.57. The summed E-state index contributed by atoms with van der Waals surface area (Å²) in [5, 5.41) is 6.70. The van der Waals surface area contributed by atoms with Crippen molar-refractivity contribution in [1.29, 1.82) is 0 Å². The van der Waals surface area contributed by atoms with Crippen molar-refractivity contribution in [2.24, 2.45) is 0 Å². The molecule has 2 aromatic carbocycles. The smallest absolute Gasteiger partial charge is 0.274 e. The zero-order valence-electron chi connectivity index (χ0n) is 14.2. The Morgan fingerprint density at radius 3 is 2.35 bits per heavy atom. The average molecular weight is 387 g/mol. The predicted molar refractivity (Wildman–Crippen MR) is 106 cm³/mol. The van der Waals surface area contributed by atoms with E-state index in [1.165, 1.54) is 17.8 Å². The third-order valence-corrected chi connectivity index (χ3v) is 4.21. The highest BCUT2D eigenvalue weighted by Crippen LogP contribution is 2.23. The molecule has 1 aromatic heterocycles. The van der Waals surface area contributed by atoms with Crippen LogP contribution in [0.5, 0.6) is 0 Å². The van der Waals surface area contributed by atoms with E-state index < -0.39 is 0 Å². The number of carbonyl (C=O) groups excluding carboxylic acids is 1. The summed E-state index contributed by atoms with van der Waals surface area (Å²) in [7, 11) is 0. The van der Waals surface area contributed by atoms with Crippen molar-refractivity contribution in [3.8, 4) is 0 Å². The molecule has 1 amide bonds. The number of rotatable bonds is 4. The van der Waals surface area contributed by atoms with Crippen LogP contribution in [-0.4, -0.2) is 15.9 Å². The molecule has 0 spiro atoms. The topological polar surface area (TPSA) is 66.9 Å². The summed E-state index contributed by atoms with van der Waals surface area (Å²) in [5.41, 5.74) is 3.93. The number of nitrogens with zero attached hydrogens (tertiary/aromatic N) is 2. The molecule has 1 heterocycles. The van der Waals surface area contributed by atoms with E-state index in [9.17, 15) is 4.79 Å². The van der Waals surface area contributed by atoms with Gasteiger partial charge in [-0.25, -0.2) is 9.97 Å². The molecule has 0 aliphatic heterocycles. The molecule has 26 heavy (non-hydrogen) atoms. The van der Waals surface area contributed by atoms with Gasteiger partial charge in [0.1, 0.15) is 5.69 Å². The van der Waals surface area contributed by atoms with Gasteiger partial charge in [0, 0.05) is 27.6 Å². The fourth-order valence-corrected chi connectivity index (χ4v) is 2.84. The SMILES string of the molecule is Cc1ccc(Nc2nccc(C(=O)Nc3cc(Cl)cc(Cl)c3)n2)cc1C. The number of hydrogen-bond donors (Lipinski definition) is 2. The van der Waals surface area contributed by atoms with Gasteiger partial charge in [0.2, 0.25) is 5.95 Å². The number of anilines is 3. The lowest BCUT2D eigenvalue weighted by atomic mass is 10.1. The molecule has 0 saturated heterocycles. The quantitative estimate of drug-likeness (QED) is 0.629. The number of aromatic nitrogens is 2. The van der Waals surface area contributed by atoms with Crippen molar-refractivity contribution in [2.45, 2.75) is 13.8 Å². The molecule has 0 saturated carbocycles. The zero-order chi connectivity index (χ0) is 18.7. The van der Waals surface area contributed by atoms with E-state index in [4.69, 9.17) is 23.2 Å². The lowest BCUT2D eigenvalue weighted by Crippen LogP contribution is -2.14. The summed E-state index contributed by atoms with van der Waals surface area (Å²) in [5.74, 6) is -0.0427. The highest BCUT2D eigenvalue weighted by atomic mass is 35.5. The van der Waals surface area contributed by atoms with Crippen LogP contribution in [0, 0.1) is 13.8 Å². The maximum Gasteiger partial charge on any atom is 0.274 e. The van der Waals surface area contributed by atoms with Crippen LogP contribution in [0.2, 0.25) is 10.0 Å². The first kappa shape index (κ1) is 18.2. The number of carbonyl (C=O) groups is 1. The largest absolute Gasteiger partial charge is 0.324 e. The van der Waals surface area contributed by atoms with Gasteiger partial charge in [0.05, 0.1) is 0 Å². The molecule has 5 nitrogen and oxygen atoms in total. The summed E-state index contributed by atoms with van der Waals surface area (Å²) in [4.78, 5) is 20.8. The van der Waals surface area contributed by atoms with Gasteiger partial charge in [-0.15, -0.1) is 0 Å². The summed E-state index contributed by atoms with van der Waals surface area (Å²) < 4.78 is 0. The maximum absolute atomic E-state index is 12.4. The van der Waals surface area contributed by atoms with Gasteiger partial charge in [-0.3, -0.25) is 4.79 Å². The second kappa shape index (κ2) is 7.72. The zero-order valence-corrected chi connectivity index (χ0v) is 15.7. The predicted octanol–water partition coefficient (Wildman–Crippen LogP) is 5.40. The Balaban J connectivity index is 1.77. The minimum absolute atomic E-state index is 0.224. The van der Waals surface area contributed by atoms with Gasteiger partial charge in [0.25, 0.3) is 5.91 Å². The van der Waals surface area contributed by atoms with Gasteiger partial charge < -0.3 is 10.6 Å². The number of benzene rings is 2. The third-order valence-electron chi connectivity index (χ3n) is 3.77. The first-order chi connectivity index (χ1) is 12.4. The van der Waals surface area contributed by atoms with E-state index in [0.29, 0.717) is 21.7 Å². The van der Waals surface area contributed by atoms with Gasteiger partial charge in [-0.1, -0.05) is 29.3 Å². The highest BCUT2D eigenvalue weighted by Gasteiger charge is 2.10. The first-order valence-corrected chi connectivity index (χ1v) is 8.61. The van der Waals surface area contributed by atoms with Crippen molar-refractivity contribution in [2.75, 3.05) is 10.6 Å². The molecule has 132 valence electrons. The monoisotopic (exact) mass is 386 g/mol. The van der Waals surface area contributed by atoms with E-state index in [1.54, 1.807) is 18.2 Å². The van der Waals surface area contributed by atoms with Gasteiger partial charge in [-0.2, -0.15) is 0 Å². The normalized spacial score (nSPS) is 10.5. The molecule has 0 aliphatic carbocycles. The van der Waals surface area contributed by atoms with Crippen LogP contribution in [0.3, 0.4) is 0 Å². The van der Waals surface area contributed by atoms with E-state index >= 15 is 0 Å². The molecular formula is C19H16Cl2N4O. The van der Waals surface area contributed by atoms with Crippen molar-refractivity contribution in [1.82, 2.24) is 9.97 Å². The van der Waals surface area contributed by atoms with Crippen LogP contribution in [0.1, 0.15) is 21.6 Å². The number of nitrogens with one attached hydrogen (secondary N) is 2. The summed E-state index contributed by atoms with van der Waals surface area (Å²) >= 11 is 11.9. The molecular weight excluding hydrogens is 371 g/mol. The molecule has 0 unspecified atom stereocenters. The van der Waals surface area contributed by atoms with Crippen molar-refractivity contribution >= 4 is 46.4 Å². The van der Waals surface area contributed by atoms with E-state index in [0.717, 1.165) is 11.3 Å². The summed E-state index contributed by atoms with van der Waals surface area (Å²) in [6.45, 7) is 4.07. The van der Waals surface area contributed by atoms with Crippen LogP contribution in [-0.2, 0) is 0 Å². The Morgan fingerprint density at radius 1 is 0.923 bits per heavy atom. The molecule has 2 N–H and O–H groups in total. The van der Waals surface area contributed by atoms with E-state index in [1.807, 2.05) is 32.0 Å². The molecule has 0 bridgehead atoms. The van der Waals surface area contributed by atoms with Crippen molar-refractivity contribution in [3.63, 3.8) is 0 Å². The second-order valence-electron chi connectivity index (χ2n) is 5.80. The molecule has 7 heteroatoms. The fourth-order valence-electron chi connectivity index (χ4n) is 2.31. The van der Waals surface area contributed by atoms with Crippen LogP contribution in [0.4, 0.5) is 17.3 Å². The van der Waals surface area contributed by atoms with Crippen LogP contribution in [0.15, 0.2) is 48.7 Å². The Bertz CT molecular complexity index is 955. The van der Waals surface area contributed by atoms with Gasteiger partial charge in [0.15, 0.2) is 0 Å². The first-order valence-electron chi connectivity index (χ1n) is 7.85. The van der Waals surface area contributed by atoms with Gasteiger partial charge in [-0.05, 0) is 61.4 Å². The lowest BCUT2D eigenvalue weighted by molar-refractivity contribution is 0.102.